The maximum Gasteiger partial charge on any atom is 0.120 e. The van der Waals surface area contributed by atoms with Crippen molar-refractivity contribution in [2.24, 2.45) is 5.92 Å². The van der Waals surface area contributed by atoms with Crippen molar-refractivity contribution < 1.29 is 9.47 Å². The third-order valence-corrected chi connectivity index (χ3v) is 3.45. The van der Waals surface area contributed by atoms with E-state index in [2.05, 4.69) is 31.3 Å². The van der Waals surface area contributed by atoms with Gasteiger partial charge in [-0.3, -0.25) is 0 Å². The summed E-state index contributed by atoms with van der Waals surface area (Å²) < 4.78 is 10.9. The highest BCUT2D eigenvalue weighted by molar-refractivity contribution is 5.48. The molecular weight excluding hydrogens is 274 g/mol. The fourth-order valence-electron chi connectivity index (χ4n) is 2.05. The van der Waals surface area contributed by atoms with Gasteiger partial charge >= 0.3 is 0 Å². The lowest BCUT2D eigenvalue weighted by Gasteiger charge is -2.10. The Bertz CT molecular complexity index is 564. The van der Waals surface area contributed by atoms with Crippen molar-refractivity contribution in [2.45, 2.75) is 26.8 Å². The standard InChI is InChI=1S/C19H25NO2/c1-15(2)11-12-22-18-9-7-16(8-10-18)14-20-17-5-4-6-19(13-17)21-3/h4-10,13,15,20H,11-12,14H2,1-3H3. The van der Waals surface area contributed by atoms with Gasteiger partial charge in [0.2, 0.25) is 0 Å². The molecule has 2 aromatic rings. The third kappa shape index (κ3) is 5.32. The lowest BCUT2D eigenvalue weighted by Crippen LogP contribution is -2.02. The fourth-order valence-corrected chi connectivity index (χ4v) is 2.05. The largest absolute Gasteiger partial charge is 0.497 e. The van der Waals surface area contributed by atoms with Crippen LogP contribution in [0.5, 0.6) is 11.5 Å². The summed E-state index contributed by atoms with van der Waals surface area (Å²) in [7, 11) is 1.68. The molecule has 0 spiro atoms. The van der Waals surface area contributed by atoms with Crippen LogP contribution in [0.4, 0.5) is 5.69 Å². The number of hydrogen-bond acceptors (Lipinski definition) is 3. The first-order valence-electron chi connectivity index (χ1n) is 7.77. The SMILES string of the molecule is COc1cccc(NCc2ccc(OCCC(C)C)cc2)c1. The first kappa shape index (κ1) is 16.2. The van der Waals surface area contributed by atoms with E-state index in [1.807, 2.05) is 36.4 Å². The molecule has 1 N–H and O–H groups in total. The van der Waals surface area contributed by atoms with Crippen LogP contribution >= 0.6 is 0 Å². The lowest BCUT2D eigenvalue weighted by atomic mass is 10.1. The number of nitrogens with one attached hydrogen (secondary N) is 1. The molecule has 0 bridgehead atoms. The second-order valence-electron chi connectivity index (χ2n) is 5.76. The van der Waals surface area contributed by atoms with E-state index in [9.17, 15) is 0 Å². The second kappa shape index (κ2) is 8.32. The monoisotopic (exact) mass is 299 g/mol. The lowest BCUT2D eigenvalue weighted by molar-refractivity contribution is 0.289. The van der Waals surface area contributed by atoms with E-state index in [-0.39, 0.29) is 0 Å². The number of rotatable bonds is 8. The summed E-state index contributed by atoms with van der Waals surface area (Å²) in [6.45, 7) is 5.96. The zero-order valence-corrected chi connectivity index (χ0v) is 13.6. The quantitative estimate of drug-likeness (QED) is 0.764. The molecular formula is C19H25NO2. The molecule has 0 atom stereocenters. The van der Waals surface area contributed by atoms with Gasteiger partial charge in [-0.05, 0) is 42.2 Å². The molecule has 0 aliphatic carbocycles. The maximum atomic E-state index is 5.73. The first-order valence-corrected chi connectivity index (χ1v) is 7.77. The predicted octanol–water partition coefficient (Wildman–Crippen LogP) is 4.73. The summed E-state index contributed by atoms with van der Waals surface area (Å²) in [5.74, 6) is 2.47. The van der Waals surface area contributed by atoms with Gasteiger partial charge in [0.05, 0.1) is 13.7 Å². The Morgan fingerprint density at radius 1 is 1.00 bits per heavy atom. The minimum Gasteiger partial charge on any atom is -0.497 e. The summed E-state index contributed by atoms with van der Waals surface area (Å²) in [6.07, 6.45) is 1.08. The summed E-state index contributed by atoms with van der Waals surface area (Å²) >= 11 is 0. The number of benzene rings is 2. The molecule has 0 saturated heterocycles. The van der Waals surface area contributed by atoms with Crippen molar-refractivity contribution in [2.75, 3.05) is 19.0 Å². The van der Waals surface area contributed by atoms with E-state index >= 15 is 0 Å². The van der Waals surface area contributed by atoms with Crippen molar-refractivity contribution in [1.29, 1.82) is 0 Å². The van der Waals surface area contributed by atoms with Gasteiger partial charge in [0, 0.05) is 18.3 Å². The van der Waals surface area contributed by atoms with Crippen molar-refractivity contribution in [1.82, 2.24) is 0 Å². The van der Waals surface area contributed by atoms with Crippen LogP contribution in [0.2, 0.25) is 0 Å². The maximum absolute atomic E-state index is 5.73. The van der Waals surface area contributed by atoms with Gasteiger partial charge in [0.15, 0.2) is 0 Å². The summed E-state index contributed by atoms with van der Waals surface area (Å²) in [4.78, 5) is 0. The molecule has 2 rings (SSSR count). The van der Waals surface area contributed by atoms with Crippen LogP contribution in [0.3, 0.4) is 0 Å². The van der Waals surface area contributed by atoms with Gasteiger partial charge < -0.3 is 14.8 Å². The summed E-state index contributed by atoms with van der Waals surface area (Å²) in [6, 6.07) is 16.2. The zero-order chi connectivity index (χ0) is 15.8. The Kier molecular flexibility index (Phi) is 6.13. The Morgan fingerprint density at radius 2 is 1.77 bits per heavy atom. The fraction of sp³-hybridized carbons (Fsp3) is 0.368. The molecule has 118 valence electrons. The molecule has 2 aromatic carbocycles. The zero-order valence-electron chi connectivity index (χ0n) is 13.6. The third-order valence-electron chi connectivity index (χ3n) is 3.45. The molecule has 0 aromatic heterocycles. The Hall–Kier alpha value is -2.16. The highest BCUT2D eigenvalue weighted by atomic mass is 16.5. The summed E-state index contributed by atoms with van der Waals surface area (Å²) in [5.41, 5.74) is 2.27. The van der Waals surface area contributed by atoms with Gasteiger partial charge in [0.25, 0.3) is 0 Å². The van der Waals surface area contributed by atoms with Gasteiger partial charge in [0.1, 0.15) is 11.5 Å². The van der Waals surface area contributed by atoms with E-state index in [1.165, 1.54) is 5.56 Å². The molecule has 22 heavy (non-hydrogen) atoms. The van der Waals surface area contributed by atoms with Gasteiger partial charge in [-0.25, -0.2) is 0 Å². The normalized spacial score (nSPS) is 10.5. The summed E-state index contributed by atoms with van der Waals surface area (Å²) in [5, 5.41) is 3.39. The van der Waals surface area contributed by atoms with E-state index in [4.69, 9.17) is 9.47 Å². The highest BCUT2D eigenvalue weighted by Crippen LogP contribution is 2.18. The van der Waals surface area contributed by atoms with Crippen LogP contribution in [0.15, 0.2) is 48.5 Å². The van der Waals surface area contributed by atoms with Gasteiger partial charge in [-0.15, -0.1) is 0 Å². The van der Waals surface area contributed by atoms with Crippen LogP contribution in [0.1, 0.15) is 25.8 Å². The number of hydrogen-bond donors (Lipinski definition) is 1. The van der Waals surface area contributed by atoms with E-state index in [1.54, 1.807) is 7.11 Å². The highest BCUT2D eigenvalue weighted by Gasteiger charge is 1.99. The van der Waals surface area contributed by atoms with Crippen molar-refractivity contribution in [3.05, 3.63) is 54.1 Å². The molecule has 0 unspecified atom stereocenters. The van der Waals surface area contributed by atoms with E-state index in [0.29, 0.717) is 5.92 Å². The topological polar surface area (TPSA) is 30.5 Å². The van der Waals surface area contributed by atoms with E-state index < -0.39 is 0 Å². The first-order chi connectivity index (χ1) is 10.7. The molecule has 0 saturated carbocycles. The number of methoxy groups -OCH3 is 1. The van der Waals surface area contributed by atoms with Crippen LogP contribution in [-0.4, -0.2) is 13.7 Å². The van der Waals surface area contributed by atoms with Crippen LogP contribution in [0, 0.1) is 5.92 Å². The Balaban J connectivity index is 1.83. The molecule has 0 aliphatic heterocycles. The minimum atomic E-state index is 0.673. The van der Waals surface area contributed by atoms with Crippen molar-refractivity contribution in [3.8, 4) is 11.5 Å². The van der Waals surface area contributed by atoms with Crippen molar-refractivity contribution in [3.63, 3.8) is 0 Å². The van der Waals surface area contributed by atoms with Crippen molar-refractivity contribution >= 4 is 5.69 Å². The predicted molar refractivity (Wildman–Crippen MR) is 91.7 cm³/mol. The molecule has 3 heteroatoms. The minimum absolute atomic E-state index is 0.673. The smallest absolute Gasteiger partial charge is 0.120 e. The van der Waals surface area contributed by atoms with Crippen LogP contribution in [-0.2, 0) is 6.54 Å². The van der Waals surface area contributed by atoms with E-state index in [0.717, 1.165) is 36.8 Å². The second-order valence-corrected chi connectivity index (χ2v) is 5.76. The van der Waals surface area contributed by atoms with Gasteiger partial charge in [-0.1, -0.05) is 32.0 Å². The molecule has 0 aliphatic rings. The molecule has 0 heterocycles. The van der Waals surface area contributed by atoms with Gasteiger partial charge in [-0.2, -0.15) is 0 Å². The molecule has 0 fully saturated rings. The number of ether oxygens (including phenoxy) is 2. The Labute approximate surface area is 133 Å². The molecule has 3 nitrogen and oxygen atoms in total. The average Bonchev–Trinajstić information content (AvgIpc) is 2.54. The van der Waals surface area contributed by atoms with Crippen LogP contribution in [0.25, 0.3) is 0 Å². The number of anilines is 1. The average molecular weight is 299 g/mol. The Morgan fingerprint density at radius 3 is 2.45 bits per heavy atom. The van der Waals surface area contributed by atoms with Crippen LogP contribution < -0.4 is 14.8 Å². The molecule has 0 radical (unpaired) electrons. The molecule has 0 amide bonds.